The Morgan fingerprint density at radius 3 is 2.06 bits per heavy atom. The summed E-state index contributed by atoms with van der Waals surface area (Å²) in [6.45, 7) is 7.05. The van der Waals surface area contributed by atoms with Crippen LogP contribution in [0.4, 0.5) is 11.4 Å². The highest BCUT2D eigenvalue weighted by Crippen LogP contribution is 2.27. The number of piperidine rings is 1. The summed E-state index contributed by atoms with van der Waals surface area (Å²) < 4.78 is 27.6. The van der Waals surface area contributed by atoms with Gasteiger partial charge in [-0.3, -0.25) is 4.79 Å². The first-order valence-electron chi connectivity index (χ1n) is 10.7. The van der Waals surface area contributed by atoms with Gasteiger partial charge in [0.05, 0.1) is 4.90 Å². The van der Waals surface area contributed by atoms with Gasteiger partial charge in [-0.05, 0) is 66.8 Å². The van der Waals surface area contributed by atoms with Gasteiger partial charge in [0.1, 0.15) is 0 Å². The van der Waals surface area contributed by atoms with Crippen LogP contribution < -0.4 is 10.2 Å². The van der Waals surface area contributed by atoms with Gasteiger partial charge in [0.15, 0.2) is 0 Å². The normalized spacial score (nSPS) is 21.9. The molecule has 2 aromatic rings. The van der Waals surface area contributed by atoms with Crippen molar-refractivity contribution < 1.29 is 13.2 Å². The Hall–Kier alpha value is -2.64. The molecule has 164 valence electrons. The van der Waals surface area contributed by atoms with E-state index in [0.717, 1.165) is 25.2 Å². The zero-order valence-corrected chi connectivity index (χ0v) is 18.8. The molecular weight excluding hydrogens is 410 g/mol. The molecule has 0 saturated carbocycles. The van der Waals surface area contributed by atoms with Crippen molar-refractivity contribution in [1.29, 1.82) is 0 Å². The number of benzene rings is 2. The number of nitrogens with one attached hydrogen (secondary N) is 1. The summed E-state index contributed by atoms with van der Waals surface area (Å²) in [6, 6.07) is 13.9. The fraction of sp³-hybridized carbons (Fsp3) is 0.375. The Morgan fingerprint density at radius 2 is 1.48 bits per heavy atom. The number of hydrogen-bond donors (Lipinski definition) is 1. The Labute approximate surface area is 184 Å². The third-order valence-electron chi connectivity index (χ3n) is 5.90. The second-order valence-corrected chi connectivity index (χ2v) is 10.6. The number of amides is 1. The molecule has 1 amide bonds. The third kappa shape index (κ3) is 4.83. The number of carbonyl (C=O) groups excluding carboxylic acids is 1. The van der Waals surface area contributed by atoms with Gasteiger partial charge in [-0.25, -0.2) is 8.42 Å². The summed E-state index contributed by atoms with van der Waals surface area (Å²) in [6.07, 6.45) is 5.29. The van der Waals surface area contributed by atoms with Crippen LogP contribution in [0.25, 0.3) is 0 Å². The Balaban J connectivity index is 1.41. The zero-order valence-electron chi connectivity index (χ0n) is 18.0. The molecule has 0 spiro atoms. The maximum atomic E-state index is 13.0. The van der Waals surface area contributed by atoms with Gasteiger partial charge in [-0.2, -0.15) is 4.31 Å². The molecule has 2 heterocycles. The lowest BCUT2D eigenvalue weighted by Gasteiger charge is -2.34. The summed E-state index contributed by atoms with van der Waals surface area (Å²) in [7, 11) is -3.53. The first kappa shape index (κ1) is 21.6. The van der Waals surface area contributed by atoms with Crippen molar-refractivity contribution in [3.8, 4) is 0 Å². The van der Waals surface area contributed by atoms with Crippen molar-refractivity contribution in [2.24, 2.45) is 11.8 Å². The van der Waals surface area contributed by atoms with Gasteiger partial charge in [-0.1, -0.05) is 26.0 Å². The maximum absolute atomic E-state index is 13.0. The van der Waals surface area contributed by atoms with Crippen molar-refractivity contribution in [3.63, 3.8) is 0 Å². The lowest BCUT2D eigenvalue weighted by atomic mass is 9.94. The molecule has 0 aliphatic carbocycles. The second-order valence-electron chi connectivity index (χ2n) is 8.67. The number of sulfonamides is 1. The van der Waals surface area contributed by atoms with Gasteiger partial charge in [0.2, 0.25) is 10.0 Å². The minimum absolute atomic E-state index is 0.222. The number of rotatable bonds is 5. The van der Waals surface area contributed by atoms with E-state index in [4.69, 9.17) is 0 Å². The summed E-state index contributed by atoms with van der Waals surface area (Å²) in [5, 5.41) is 2.85. The van der Waals surface area contributed by atoms with Gasteiger partial charge >= 0.3 is 0 Å². The van der Waals surface area contributed by atoms with Crippen LogP contribution in [0.5, 0.6) is 0 Å². The molecule has 0 aromatic heterocycles. The van der Waals surface area contributed by atoms with Crippen LogP contribution in [0.2, 0.25) is 0 Å². The lowest BCUT2D eigenvalue weighted by Crippen LogP contribution is -2.42. The molecule has 0 radical (unpaired) electrons. The van der Waals surface area contributed by atoms with E-state index < -0.39 is 10.0 Å². The first-order valence-corrected chi connectivity index (χ1v) is 12.2. The van der Waals surface area contributed by atoms with Crippen LogP contribution in [0, 0.1) is 11.8 Å². The number of nitrogens with zero attached hydrogens (tertiary/aromatic N) is 2. The molecule has 0 bridgehead atoms. The quantitative estimate of drug-likeness (QED) is 0.716. The van der Waals surface area contributed by atoms with Gasteiger partial charge in [-0.15, -0.1) is 0 Å². The van der Waals surface area contributed by atoms with Crippen LogP contribution in [0.1, 0.15) is 30.6 Å². The molecule has 7 heteroatoms. The molecule has 2 aliphatic heterocycles. The third-order valence-corrected chi connectivity index (χ3v) is 7.74. The summed E-state index contributed by atoms with van der Waals surface area (Å²) in [5.41, 5.74) is 2.21. The molecule has 1 fully saturated rings. The fourth-order valence-corrected chi connectivity index (χ4v) is 6.06. The first-order chi connectivity index (χ1) is 14.8. The highest BCUT2D eigenvalue weighted by molar-refractivity contribution is 7.89. The topological polar surface area (TPSA) is 69.7 Å². The van der Waals surface area contributed by atoms with Crippen LogP contribution >= 0.6 is 0 Å². The van der Waals surface area contributed by atoms with Gasteiger partial charge in [0.25, 0.3) is 5.91 Å². The van der Waals surface area contributed by atoms with E-state index in [2.05, 4.69) is 36.2 Å². The van der Waals surface area contributed by atoms with E-state index in [0.29, 0.717) is 36.2 Å². The Bertz CT molecular complexity index is 1040. The predicted octanol–water partition coefficient (Wildman–Crippen LogP) is 3.98. The molecule has 1 N–H and O–H groups in total. The molecule has 31 heavy (non-hydrogen) atoms. The molecule has 6 nitrogen and oxygen atoms in total. The average Bonchev–Trinajstić information content (AvgIpc) is 3.28. The van der Waals surface area contributed by atoms with Crippen molar-refractivity contribution in [2.75, 3.05) is 36.4 Å². The molecule has 2 aliphatic rings. The summed E-state index contributed by atoms with van der Waals surface area (Å²) >= 11 is 0. The predicted molar refractivity (Wildman–Crippen MR) is 124 cm³/mol. The highest BCUT2D eigenvalue weighted by atomic mass is 32.2. The van der Waals surface area contributed by atoms with E-state index in [-0.39, 0.29) is 10.8 Å². The van der Waals surface area contributed by atoms with E-state index in [1.807, 2.05) is 12.1 Å². The lowest BCUT2D eigenvalue weighted by molar-refractivity contribution is 0.102. The van der Waals surface area contributed by atoms with Crippen LogP contribution in [0.3, 0.4) is 0 Å². The van der Waals surface area contributed by atoms with Crippen LogP contribution in [-0.4, -0.2) is 44.8 Å². The SMILES string of the molecule is CC1CC(C)CN(S(=O)(=O)c2ccc(NC(=O)c3ccc(N4CC=CC4)cc3)cc2)C1. The van der Waals surface area contributed by atoms with Gasteiger partial charge < -0.3 is 10.2 Å². The number of hydrogen-bond acceptors (Lipinski definition) is 4. The van der Waals surface area contributed by atoms with Crippen LogP contribution in [-0.2, 0) is 10.0 Å². The van der Waals surface area contributed by atoms with E-state index in [1.54, 1.807) is 40.7 Å². The molecule has 2 aromatic carbocycles. The zero-order chi connectivity index (χ0) is 22.0. The largest absolute Gasteiger partial charge is 0.364 e. The Morgan fingerprint density at radius 1 is 0.903 bits per heavy atom. The number of anilines is 2. The van der Waals surface area contributed by atoms with E-state index in [9.17, 15) is 13.2 Å². The standard InChI is InChI=1S/C24H29N3O3S/c1-18-15-19(2)17-27(16-18)31(29,30)23-11-7-21(8-12-23)25-24(28)20-5-9-22(10-6-20)26-13-3-4-14-26/h3-12,18-19H,13-17H2,1-2H3,(H,25,28). The minimum Gasteiger partial charge on any atom is -0.364 e. The monoisotopic (exact) mass is 439 g/mol. The molecular formula is C24H29N3O3S. The molecule has 2 atom stereocenters. The maximum Gasteiger partial charge on any atom is 0.255 e. The minimum atomic E-state index is -3.53. The summed E-state index contributed by atoms with van der Waals surface area (Å²) in [4.78, 5) is 15.1. The second kappa shape index (κ2) is 8.85. The van der Waals surface area contributed by atoms with E-state index >= 15 is 0 Å². The Kier molecular flexibility index (Phi) is 6.16. The van der Waals surface area contributed by atoms with E-state index in [1.165, 1.54) is 0 Å². The number of carbonyl (C=O) groups is 1. The molecule has 1 saturated heterocycles. The molecule has 2 unspecified atom stereocenters. The summed E-state index contributed by atoms with van der Waals surface area (Å²) in [5.74, 6) is 0.482. The van der Waals surface area contributed by atoms with Crippen molar-refractivity contribution in [1.82, 2.24) is 4.31 Å². The smallest absolute Gasteiger partial charge is 0.255 e. The van der Waals surface area contributed by atoms with Crippen molar-refractivity contribution in [3.05, 3.63) is 66.2 Å². The van der Waals surface area contributed by atoms with Crippen molar-refractivity contribution >= 4 is 27.3 Å². The van der Waals surface area contributed by atoms with Crippen molar-refractivity contribution in [2.45, 2.75) is 25.2 Å². The van der Waals surface area contributed by atoms with Crippen LogP contribution in [0.15, 0.2) is 65.6 Å². The molecule has 4 rings (SSSR count). The van der Waals surface area contributed by atoms with Gasteiger partial charge in [0, 0.05) is 43.1 Å². The fourth-order valence-electron chi connectivity index (χ4n) is 4.38. The highest BCUT2D eigenvalue weighted by Gasteiger charge is 2.31. The average molecular weight is 440 g/mol.